The van der Waals surface area contributed by atoms with Gasteiger partial charge in [-0.05, 0) is 82.0 Å². The number of anilines is 1. The highest BCUT2D eigenvalue weighted by Gasteiger charge is 2.38. The summed E-state index contributed by atoms with van der Waals surface area (Å²) in [4.78, 5) is 14.4. The van der Waals surface area contributed by atoms with E-state index < -0.39 is 15.4 Å². The number of nitrogens with one attached hydrogen (secondary N) is 1. The molecule has 0 saturated heterocycles. The molecule has 0 bridgehead atoms. The highest BCUT2D eigenvalue weighted by molar-refractivity contribution is 7.88. The Labute approximate surface area is 227 Å². The monoisotopic (exact) mass is 553 g/mol. The van der Waals surface area contributed by atoms with Crippen molar-refractivity contribution in [3.63, 3.8) is 0 Å². The SMILES string of the molecule is COc1cc(OS(=O)(=O)C2CC2)ccc1-c1ccc2c(c1COC(=O)c1ccc(C)s1)C(C)=CC(C)(C)N2. The third-order valence-corrected chi connectivity index (χ3v) is 9.33. The summed E-state index contributed by atoms with van der Waals surface area (Å²) in [5, 5.41) is 3.12. The van der Waals surface area contributed by atoms with E-state index >= 15 is 0 Å². The summed E-state index contributed by atoms with van der Waals surface area (Å²) in [6.45, 7) is 8.26. The first-order valence-corrected chi connectivity index (χ1v) is 14.8. The minimum absolute atomic E-state index is 0.0546. The van der Waals surface area contributed by atoms with Gasteiger partial charge >= 0.3 is 16.1 Å². The van der Waals surface area contributed by atoms with E-state index in [4.69, 9.17) is 13.7 Å². The fourth-order valence-electron chi connectivity index (χ4n) is 4.86. The maximum atomic E-state index is 12.9. The molecule has 9 heteroatoms. The van der Waals surface area contributed by atoms with Gasteiger partial charge in [-0.2, -0.15) is 8.42 Å². The van der Waals surface area contributed by atoms with E-state index in [1.807, 2.05) is 25.1 Å². The highest BCUT2D eigenvalue weighted by Crippen LogP contribution is 2.44. The number of aryl methyl sites for hydroxylation is 1. The van der Waals surface area contributed by atoms with Gasteiger partial charge in [-0.3, -0.25) is 0 Å². The number of hydrogen-bond acceptors (Lipinski definition) is 8. The number of carbonyl (C=O) groups excluding carboxylic acids is 1. The van der Waals surface area contributed by atoms with Gasteiger partial charge in [0.15, 0.2) is 0 Å². The van der Waals surface area contributed by atoms with Crippen LogP contribution in [0.3, 0.4) is 0 Å². The van der Waals surface area contributed by atoms with Crippen molar-refractivity contribution >= 4 is 38.7 Å². The van der Waals surface area contributed by atoms with E-state index in [1.165, 1.54) is 18.4 Å². The summed E-state index contributed by atoms with van der Waals surface area (Å²) in [7, 11) is -2.12. The molecule has 1 aliphatic heterocycles. The summed E-state index contributed by atoms with van der Waals surface area (Å²) in [6, 6.07) is 12.7. The van der Waals surface area contributed by atoms with Gasteiger partial charge in [0.2, 0.25) is 0 Å². The number of fused-ring (bicyclic) bond motifs is 1. The van der Waals surface area contributed by atoms with Crippen molar-refractivity contribution in [2.75, 3.05) is 12.4 Å². The topological polar surface area (TPSA) is 90.9 Å². The lowest BCUT2D eigenvalue weighted by Crippen LogP contribution is -2.32. The molecule has 7 nitrogen and oxygen atoms in total. The van der Waals surface area contributed by atoms with Crippen molar-refractivity contribution in [3.05, 3.63) is 69.4 Å². The van der Waals surface area contributed by atoms with Crippen LogP contribution in [0.5, 0.6) is 11.5 Å². The van der Waals surface area contributed by atoms with Crippen molar-refractivity contribution in [1.29, 1.82) is 0 Å². The molecule has 0 unspecified atom stereocenters. The number of thiophene rings is 1. The molecule has 2 aliphatic rings. The zero-order valence-corrected chi connectivity index (χ0v) is 23.7. The second-order valence-electron chi connectivity index (χ2n) is 10.3. The average Bonchev–Trinajstić information content (AvgIpc) is 3.63. The van der Waals surface area contributed by atoms with Crippen molar-refractivity contribution in [2.24, 2.45) is 0 Å². The number of hydrogen-bond donors (Lipinski definition) is 1. The average molecular weight is 554 g/mol. The molecule has 3 aromatic rings. The lowest BCUT2D eigenvalue weighted by Gasteiger charge is -2.33. The Hall–Kier alpha value is -3.30. The quantitative estimate of drug-likeness (QED) is 0.249. The molecule has 38 heavy (non-hydrogen) atoms. The lowest BCUT2D eigenvalue weighted by atomic mass is 9.85. The first-order chi connectivity index (χ1) is 18.0. The summed E-state index contributed by atoms with van der Waals surface area (Å²) in [5.74, 6) is 0.287. The standard InChI is InChI=1S/C29H31NO6S2/c1-17-15-29(3,4)30-24-12-11-21(23(27(17)24)16-35-28(31)26-13-6-18(2)37-26)22-10-7-19(14-25(22)34-5)36-38(32,33)20-8-9-20/h6-7,10-15,20,30H,8-9,16H2,1-5H3. The van der Waals surface area contributed by atoms with Crippen LogP contribution in [0.25, 0.3) is 16.7 Å². The van der Waals surface area contributed by atoms with Crippen LogP contribution in [-0.4, -0.2) is 32.3 Å². The molecule has 0 amide bonds. The van der Waals surface area contributed by atoms with Crippen molar-refractivity contribution in [1.82, 2.24) is 0 Å². The van der Waals surface area contributed by atoms with Crippen molar-refractivity contribution in [3.8, 4) is 22.6 Å². The van der Waals surface area contributed by atoms with Crippen LogP contribution >= 0.6 is 11.3 Å². The van der Waals surface area contributed by atoms with Gasteiger partial charge in [-0.1, -0.05) is 12.1 Å². The van der Waals surface area contributed by atoms with Crippen molar-refractivity contribution < 1.29 is 26.9 Å². The molecule has 1 saturated carbocycles. The maximum absolute atomic E-state index is 12.9. The molecule has 0 atom stereocenters. The molecule has 0 spiro atoms. The number of benzene rings is 2. The predicted octanol–water partition coefficient (Wildman–Crippen LogP) is 6.57. The van der Waals surface area contributed by atoms with Gasteiger partial charge in [0.05, 0.1) is 17.9 Å². The third-order valence-electron chi connectivity index (χ3n) is 6.64. The third kappa shape index (κ3) is 5.31. The van der Waals surface area contributed by atoms with E-state index in [0.717, 1.165) is 38.4 Å². The molecule has 1 aliphatic carbocycles. The number of carbonyl (C=O) groups is 1. The van der Waals surface area contributed by atoms with E-state index in [-0.39, 0.29) is 23.9 Å². The molecular weight excluding hydrogens is 522 g/mol. The minimum atomic E-state index is -3.65. The first kappa shape index (κ1) is 26.3. The predicted molar refractivity (Wildman–Crippen MR) is 151 cm³/mol. The van der Waals surface area contributed by atoms with Crippen LogP contribution in [-0.2, 0) is 21.5 Å². The van der Waals surface area contributed by atoms with E-state index in [2.05, 4.69) is 32.2 Å². The zero-order chi connectivity index (χ0) is 27.2. The van der Waals surface area contributed by atoms with Gasteiger partial charge in [-0.25, -0.2) is 4.79 Å². The van der Waals surface area contributed by atoms with Gasteiger partial charge in [0.1, 0.15) is 23.0 Å². The number of methoxy groups -OCH3 is 1. The number of allylic oxidation sites excluding steroid dienone is 1. The Morgan fingerprint density at radius 1 is 1.08 bits per heavy atom. The molecule has 5 rings (SSSR count). The van der Waals surface area contributed by atoms with Gasteiger partial charge in [0, 0.05) is 33.3 Å². The summed E-state index contributed by atoms with van der Waals surface area (Å²) in [5.41, 5.74) is 5.15. The van der Waals surface area contributed by atoms with Crippen molar-refractivity contribution in [2.45, 2.75) is 57.9 Å². The molecule has 1 aromatic heterocycles. The Morgan fingerprint density at radius 2 is 1.82 bits per heavy atom. The largest absolute Gasteiger partial charge is 0.496 e. The zero-order valence-electron chi connectivity index (χ0n) is 22.1. The molecule has 200 valence electrons. The fourth-order valence-corrected chi connectivity index (χ4v) is 6.84. The Morgan fingerprint density at radius 3 is 2.47 bits per heavy atom. The molecule has 1 N–H and O–H groups in total. The van der Waals surface area contributed by atoms with Crippen LogP contribution in [0.1, 0.15) is 59.3 Å². The lowest BCUT2D eigenvalue weighted by molar-refractivity contribution is 0.0479. The van der Waals surface area contributed by atoms with Gasteiger partial charge in [-0.15, -0.1) is 11.3 Å². The Balaban J connectivity index is 1.56. The van der Waals surface area contributed by atoms with E-state index in [1.54, 1.807) is 24.3 Å². The molecular formula is C29H31NO6S2. The normalized spacial score (nSPS) is 16.2. The van der Waals surface area contributed by atoms with E-state index in [9.17, 15) is 13.2 Å². The molecule has 2 heterocycles. The highest BCUT2D eigenvalue weighted by atomic mass is 32.2. The van der Waals surface area contributed by atoms with Crippen LogP contribution in [0.2, 0.25) is 0 Å². The van der Waals surface area contributed by atoms with Gasteiger partial charge < -0.3 is 19.0 Å². The summed E-state index contributed by atoms with van der Waals surface area (Å²) in [6.07, 6.45) is 3.40. The molecule has 2 aromatic carbocycles. The van der Waals surface area contributed by atoms with E-state index in [0.29, 0.717) is 23.5 Å². The number of ether oxygens (including phenoxy) is 2. The maximum Gasteiger partial charge on any atom is 0.348 e. The Bertz CT molecular complexity index is 1550. The minimum Gasteiger partial charge on any atom is -0.496 e. The van der Waals surface area contributed by atoms with Crippen LogP contribution in [0, 0.1) is 6.92 Å². The number of esters is 1. The fraction of sp³-hybridized carbons (Fsp3) is 0.345. The summed E-state index contributed by atoms with van der Waals surface area (Å²) >= 11 is 1.40. The summed E-state index contributed by atoms with van der Waals surface area (Å²) < 4.78 is 41.6. The van der Waals surface area contributed by atoms with Crippen LogP contribution < -0.4 is 14.2 Å². The van der Waals surface area contributed by atoms with Crippen LogP contribution in [0.15, 0.2) is 48.5 Å². The second kappa shape index (κ2) is 9.78. The Kier molecular flexibility index (Phi) is 6.77. The molecule has 1 fully saturated rings. The first-order valence-electron chi connectivity index (χ1n) is 12.5. The molecule has 0 radical (unpaired) electrons. The second-order valence-corrected chi connectivity index (χ2v) is 13.4. The van der Waals surface area contributed by atoms with Crippen LogP contribution in [0.4, 0.5) is 5.69 Å². The van der Waals surface area contributed by atoms with Gasteiger partial charge in [0.25, 0.3) is 0 Å². The smallest absolute Gasteiger partial charge is 0.348 e. The number of rotatable bonds is 8.